The highest BCUT2D eigenvalue weighted by atomic mass is 35.5. The summed E-state index contributed by atoms with van der Waals surface area (Å²) in [5.74, 6) is 0.564. The number of rotatable bonds is 4. The second-order valence-corrected chi connectivity index (χ2v) is 3.93. The number of ether oxygens (including phenoxy) is 1. The SMILES string of the molecule is O=Cc1c[c]ccc1OCc1ccc(Cl)cc1. The van der Waals surface area contributed by atoms with Gasteiger partial charge in [-0.2, -0.15) is 0 Å². The molecule has 3 heteroatoms. The van der Waals surface area contributed by atoms with Crippen molar-refractivity contribution in [2.75, 3.05) is 0 Å². The monoisotopic (exact) mass is 245 g/mol. The average molecular weight is 246 g/mol. The topological polar surface area (TPSA) is 26.3 Å². The Morgan fingerprint density at radius 3 is 2.71 bits per heavy atom. The van der Waals surface area contributed by atoms with Crippen molar-refractivity contribution in [1.29, 1.82) is 0 Å². The van der Waals surface area contributed by atoms with Crippen molar-refractivity contribution < 1.29 is 9.53 Å². The Morgan fingerprint density at radius 1 is 1.24 bits per heavy atom. The highest BCUT2D eigenvalue weighted by Gasteiger charge is 2.01. The second kappa shape index (κ2) is 5.51. The summed E-state index contributed by atoms with van der Waals surface area (Å²) in [5.41, 5.74) is 1.50. The summed E-state index contributed by atoms with van der Waals surface area (Å²) < 4.78 is 5.56. The van der Waals surface area contributed by atoms with Gasteiger partial charge in [0.2, 0.25) is 0 Å². The molecular weight excluding hydrogens is 236 g/mol. The molecule has 1 radical (unpaired) electrons. The van der Waals surface area contributed by atoms with Gasteiger partial charge in [0.1, 0.15) is 12.4 Å². The van der Waals surface area contributed by atoms with Crippen LogP contribution in [0.5, 0.6) is 5.75 Å². The minimum Gasteiger partial charge on any atom is -0.488 e. The van der Waals surface area contributed by atoms with E-state index in [4.69, 9.17) is 16.3 Å². The predicted molar refractivity (Wildman–Crippen MR) is 66.4 cm³/mol. The molecule has 0 unspecified atom stereocenters. The van der Waals surface area contributed by atoms with Crippen LogP contribution in [0.1, 0.15) is 15.9 Å². The van der Waals surface area contributed by atoms with Gasteiger partial charge in [0.25, 0.3) is 0 Å². The largest absolute Gasteiger partial charge is 0.488 e. The standard InChI is InChI=1S/C14H10ClO2/c15-13-7-5-11(6-8-13)10-17-14-4-2-1-3-12(14)9-16/h2-9H,10H2. The van der Waals surface area contributed by atoms with Gasteiger partial charge in [-0.05, 0) is 35.9 Å². The van der Waals surface area contributed by atoms with E-state index in [2.05, 4.69) is 6.07 Å². The van der Waals surface area contributed by atoms with E-state index in [-0.39, 0.29) is 0 Å². The lowest BCUT2D eigenvalue weighted by Crippen LogP contribution is -1.97. The molecule has 2 aromatic rings. The first-order chi connectivity index (χ1) is 8.29. The Labute approximate surface area is 105 Å². The van der Waals surface area contributed by atoms with E-state index < -0.39 is 0 Å². The molecule has 0 fully saturated rings. The molecule has 0 saturated carbocycles. The molecular formula is C14H10ClO2. The van der Waals surface area contributed by atoms with Crippen LogP contribution in [0, 0.1) is 6.07 Å². The van der Waals surface area contributed by atoms with Crippen LogP contribution in [0.3, 0.4) is 0 Å². The van der Waals surface area contributed by atoms with E-state index in [1.807, 2.05) is 12.1 Å². The Hall–Kier alpha value is -1.80. The van der Waals surface area contributed by atoms with Gasteiger partial charge in [-0.25, -0.2) is 0 Å². The Balaban J connectivity index is 2.07. The van der Waals surface area contributed by atoms with Gasteiger partial charge in [-0.3, -0.25) is 4.79 Å². The zero-order valence-corrected chi connectivity index (χ0v) is 9.78. The van der Waals surface area contributed by atoms with Gasteiger partial charge < -0.3 is 4.74 Å². The van der Waals surface area contributed by atoms with Gasteiger partial charge in [-0.15, -0.1) is 0 Å². The highest BCUT2D eigenvalue weighted by Crippen LogP contribution is 2.17. The minimum atomic E-state index is 0.405. The molecule has 0 saturated heterocycles. The highest BCUT2D eigenvalue weighted by molar-refractivity contribution is 6.30. The number of carbonyl (C=O) groups is 1. The zero-order chi connectivity index (χ0) is 12.1. The summed E-state index contributed by atoms with van der Waals surface area (Å²) in [6, 6.07) is 15.2. The van der Waals surface area contributed by atoms with Gasteiger partial charge in [0.15, 0.2) is 6.29 Å². The molecule has 0 atom stereocenters. The number of halogens is 1. The summed E-state index contributed by atoms with van der Waals surface area (Å²) in [7, 11) is 0. The fourth-order valence-corrected chi connectivity index (χ4v) is 1.52. The molecule has 2 nitrogen and oxygen atoms in total. The molecule has 0 aromatic heterocycles. The molecule has 0 aliphatic heterocycles. The van der Waals surface area contributed by atoms with Crippen molar-refractivity contribution in [3.63, 3.8) is 0 Å². The minimum absolute atomic E-state index is 0.405. The summed E-state index contributed by atoms with van der Waals surface area (Å²) in [6.45, 7) is 0.405. The van der Waals surface area contributed by atoms with Crippen molar-refractivity contribution in [3.05, 3.63) is 64.7 Å². The quantitative estimate of drug-likeness (QED) is 0.771. The summed E-state index contributed by atoms with van der Waals surface area (Å²) >= 11 is 5.79. The van der Waals surface area contributed by atoms with Gasteiger partial charge in [0, 0.05) is 5.02 Å². The Bertz CT molecular complexity index is 506. The lowest BCUT2D eigenvalue weighted by Gasteiger charge is -2.07. The van der Waals surface area contributed by atoms with Crippen LogP contribution in [0.25, 0.3) is 0 Å². The van der Waals surface area contributed by atoms with Crippen molar-refractivity contribution in [2.24, 2.45) is 0 Å². The molecule has 0 heterocycles. The maximum Gasteiger partial charge on any atom is 0.153 e. The number of hydrogen-bond acceptors (Lipinski definition) is 2. The van der Waals surface area contributed by atoms with Crippen LogP contribution in [0.2, 0.25) is 5.02 Å². The number of hydrogen-bond donors (Lipinski definition) is 0. The van der Waals surface area contributed by atoms with Crippen molar-refractivity contribution >= 4 is 17.9 Å². The van der Waals surface area contributed by atoms with E-state index in [0.29, 0.717) is 22.9 Å². The normalized spacial score (nSPS) is 9.94. The van der Waals surface area contributed by atoms with Gasteiger partial charge >= 0.3 is 0 Å². The maximum atomic E-state index is 10.8. The third-order valence-electron chi connectivity index (χ3n) is 2.29. The second-order valence-electron chi connectivity index (χ2n) is 3.50. The predicted octanol–water partition coefficient (Wildman–Crippen LogP) is 3.53. The number of benzene rings is 2. The van der Waals surface area contributed by atoms with E-state index in [1.54, 1.807) is 30.3 Å². The van der Waals surface area contributed by atoms with E-state index in [9.17, 15) is 4.79 Å². The molecule has 0 amide bonds. The van der Waals surface area contributed by atoms with E-state index in [0.717, 1.165) is 11.8 Å². The number of carbonyl (C=O) groups excluding carboxylic acids is 1. The van der Waals surface area contributed by atoms with Crippen LogP contribution >= 0.6 is 11.6 Å². The van der Waals surface area contributed by atoms with Gasteiger partial charge in [-0.1, -0.05) is 29.8 Å². The molecule has 2 rings (SSSR count). The summed E-state index contributed by atoms with van der Waals surface area (Å²) in [4.78, 5) is 10.8. The van der Waals surface area contributed by atoms with Crippen molar-refractivity contribution in [3.8, 4) is 5.75 Å². The first-order valence-electron chi connectivity index (χ1n) is 5.12. The molecule has 0 aliphatic carbocycles. The van der Waals surface area contributed by atoms with Crippen LogP contribution < -0.4 is 4.74 Å². The third kappa shape index (κ3) is 3.08. The fraction of sp³-hybridized carbons (Fsp3) is 0.0714. The van der Waals surface area contributed by atoms with Crippen molar-refractivity contribution in [1.82, 2.24) is 0 Å². The lowest BCUT2D eigenvalue weighted by molar-refractivity contribution is 0.111. The van der Waals surface area contributed by atoms with Crippen LogP contribution in [-0.2, 0) is 6.61 Å². The van der Waals surface area contributed by atoms with E-state index in [1.165, 1.54) is 0 Å². The fourth-order valence-electron chi connectivity index (χ4n) is 1.39. The Morgan fingerprint density at radius 2 is 2.00 bits per heavy atom. The lowest BCUT2D eigenvalue weighted by atomic mass is 10.2. The molecule has 2 aromatic carbocycles. The molecule has 0 bridgehead atoms. The molecule has 0 spiro atoms. The van der Waals surface area contributed by atoms with Crippen LogP contribution in [0.4, 0.5) is 0 Å². The van der Waals surface area contributed by atoms with Crippen molar-refractivity contribution in [2.45, 2.75) is 6.61 Å². The molecule has 85 valence electrons. The van der Waals surface area contributed by atoms with Gasteiger partial charge in [0.05, 0.1) is 5.56 Å². The third-order valence-corrected chi connectivity index (χ3v) is 2.54. The Kier molecular flexibility index (Phi) is 3.78. The summed E-state index contributed by atoms with van der Waals surface area (Å²) in [5, 5.41) is 0.691. The van der Waals surface area contributed by atoms with Crippen LogP contribution in [0.15, 0.2) is 42.5 Å². The molecule has 17 heavy (non-hydrogen) atoms. The smallest absolute Gasteiger partial charge is 0.153 e. The molecule has 0 N–H and O–H groups in total. The van der Waals surface area contributed by atoms with Crippen LogP contribution in [-0.4, -0.2) is 6.29 Å². The first-order valence-corrected chi connectivity index (χ1v) is 5.50. The molecule has 0 aliphatic rings. The average Bonchev–Trinajstić information content (AvgIpc) is 2.38. The zero-order valence-electron chi connectivity index (χ0n) is 9.02. The first kappa shape index (κ1) is 11.7. The summed E-state index contributed by atoms with van der Waals surface area (Å²) in [6.07, 6.45) is 0.758. The van der Waals surface area contributed by atoms with E-state index >= 15 is 0 Å². The maximum absolute atomic E-state index is 10.8. The number of aldehydes is 1.